The van der Waals surface area contributed by atoms with Crippen LogP contribution in [0.4, 0.5) is 0 Å². The van der Waals surface area contributed by atoms with E-state index in [0.717, 1.165) is 48.2 Å². The molecule has 3 aromatic carbocycles. The molecule has 4 aromatic rings. The number of aromatic nitrogens is 1. The van der Waals surface area contributed by atoms with Crippen LogP contribution in [0.3, 0.4) is 0 Å². The number of carbonyl (C=O) groups is 1. The van der Waals surface area contributed by atoms with Crippen LogP contribution in [-0.4, -0.2) is 65.0 Å². The fraction of sp³-hybridized carbons (Fsp3) is 0.375. The number of carboxylic acid groups (broad SMARTS) is 1. The van der Waals surface area contributed by atoms with Crippen molar-refractivity contribution in [2.75, 3.05) is 33.4 Å². The molecule has 3 atom stereocenters. The summed E-state index contributed by atoms with van der Waals surface area (Å²) >= 11 is 13.8. The molecule has 0 spiro atoms. The van der Waals surface area contributed by atoms with Gasteiger partial charge in [-0.3, -0.25) is 15.1 Å². The van der Waals surface area contributed by atoms with Crippen molar-refractivity contribution >= 4 is 29.2 Å². The number of hydrogen-bond acceptors (Lipinski definition) is 9. The SMILES string of the molecule is CN1CCC[C@H](COc2cccc(-c3cccc4c3CC[C@@H]4Oc3cc(OCc4cncc(C#N)c4)c(CN[C@](C)(CO)C(=O)O)cc3Cl)c2Cl)C1. The quantitative estimate of drug-likeness (QED) is 0.121. The number of nitrogens with zero attached hydrogens (tertiary/aromatic N) is 3. The number of aliphatic hydroxyl groups is 1. The number of nitrogens with one attached hydrogen (secondary N) is 1. The maximum atomic E-state index is 11.8. The monoisotopic (exact) mass is 744 g/mol. The number of carboxylic acids is 1. The number of fused-ring (bicyclic) bond motifs is 1. The Morgan fingerprint density at radius 2 is 1.88 bits per heavy atom. The van der Waals surface area contributed by atoms with Gasteiger partial charge in [0.1, 0.15) is 41.6 Å². The van der Waals surface area contributed by atoms with Gasteiger partial charge in [-0.15, -0.1) is 0 Å². The van der Waals surface area contributed by atoms with Gasteiger partial charge >= 0.3 is 5.97 Å². The predicted molar refractivity (Wildman–Crippen MR) is 199 cm³/mol. The lowest BCUT2D eigenvalue weighted by Crippen LogP contribution is -2.52. The van der Waals surface area contributed by atoms with Crippen molar-refractivity contribution in [2.24, 2.45) is 5.92 Å². The minimum absolute atomic E-state index is 0.0338. The molecule has 10 nitrogen and oxygen atoms in total. The van der Waals surface area contributed by atoms with Crippen LogP contribution in [-0.2, 0) is 24.4 Å². The van der Waals surface area contributed by atoms with Gasteiger partial charge in [-0.05, 0) is 81.1 Å². The lowest BCUT2D eigenvalue weighted by molar-refractivity contribution is -0.145. The Balaban J connectivity index is 1.24. The van der Waals surface area contributed by atoms with Crippen LogP contribution in [0.2, 0.25) is 10.0 Å². The minimum Gasteiger partial charge on any atom is -0.492 e. The molecule has 1 aliphatic heterocycles. The zero-order valence-corrected chi connectivity index (χ0v) is 30.7. The van der Waals surface area contributed by atoms with Crippen molar-refractivity contribution in [1.82, 2.24) is 15.2 Å². The van der Waals surface area contributed by atoms with E-state index < -0.39 is 18.1 Å². The summed E-state index contributed by atoms with van der Waals surface area (Å²) in [5, 5.41) is 32.6. The molecule has 1 aliphatic carbocycles. The summed E-state index contributed by atoms with van der Waals surface area (Å²) in [5.74, 6) is 0.753. The third-order valence-corrected chi connectivity index (χ3v) is 10.5. The highest BCUT2D eigenvalue weighted by Crippen LogP contribution is 2.45. The first kappa shape index (κ1) is 37.4. The number of aliphatic carboxylic acids is 1. The summed E-state index contributed by atoms with van der Waals surface area (Å²) in [6.45, 7) is 3.66. The molecule has 0 bridgehead atoms. The Kier molecular flexibility index (Phi) is 11.9. The number of piperidine rings is 1. The summed E-state index contributed by atoms with van der Waals surface area (Å²) in [4.78, 5) is 18.3. The number of ether oxygens (including phenoxy) is 3. The van der Waals surface area contributed by atoms with Crippen molar-refractivity contribution < 1.29 is 29.2 Å². The van der Waals surface area contributed by atoms with E-state index in [-0.39, 0.29) is 19.3 Å². The van der Waals surface area contributed by atoms with Gasteiger partial charge in [0.05, 0.1) is 28.8 Å². The number of aliphatic hydroxyl groups excluding tert-OH is 1. The van der Waals surface area contributed by atoms with E-state index in [1.807, 2.05) is 24.3 Å². The summed E-state index contributed by atoms with van der Waals surface area (Å²) in [6, 6.07) is 19.2. The molecular formula is C40H42Cl2N4O6. The van der Waals surface area contributed by atoms with Crippen LogP contribution < -0.4 is 19.5 Å². The fourth-order valence-electron chi connectivity index (χ4n) is 6.81. The number of halogens is 2. The lowest BCUT2D eigenvalue weighted by Gasteiger charge is -2.29. The number of benzene rings is 3. The van der Waals surface area contributed by atoms with Gasteiger partial charge in [0.25, 0.3) is 0 Å². The molecule has 6 rings (SSSR count). The van der Waals surface area contributed by atoms with Gasteiger partial charge in [-0.1, -0.05) is 53.5 Å². The summed E-state index contributed by atoms with van der Waals surface area (Å²) < 4.78 is 19.1. The molecule has 52 heavy (non-hydrogen) atoms. The van der Waals surface area contributed by atoms with Crippen molar-refractivity contribution in [3.63, 3.8) is 0 Å². The van der Waals surface area contributed by atoms with Crippen LogP contribution in [0.25, 0.3) is 11.1 Å². The number of rotatable bonds is 14. The van der Waals surface area contributed by atoms with Gasteiger partial charge in [-0.25, -0.2) is 0 Å². The highest BCUT2D eigenvalue weighted by atomic mass is 35.5. The number of hydrogen-bond donors (Lipinski definition) is 3. The van der Waals surface area contributed by atoms with Crippen molar-refractivity contribution in [1.29, 1.82) is 5.26 Å². The average Bonchev–Trinajstić information content (AvgIpc) is 3.56. The molecule has 0 radical (unpaired) electrons. The molecule has 2 aliphatic rings. The Morgan fingerprint density at radius 1 is 1.08 bits per heavy atom. The van der Waals surface area contributed by atoms with Crippen LogP contribution in [0.5, 0.6) is 17.2 Å². The highest BCUT2D eigenvalue weighted by molar-refractivity contribution is 6.35. The van der Waals surface area contributed by atoms with Crippen molar-refractivity contribution in [2.45, 2.75) is 57.4 Å². The smallest absolute Gasteiger partial charge is 0.326 e. The van der Waals surface area contributed by atoms with E-state index in [4.69, 9.17) is 37.4 Å². The first-order valence-corrected chi connectivity index (χ1v) is 18.1. The number of pyridine rings is 1. The van der Waals surface area contributed by atoms with Gasteiger partial charge in [0.15, 0.2) is 0 Å². The molecular weight excluding hydrogens is 703 g/mol. The normalized spacial score (nSPS) is 18.2. The Bertz CT molecular complexity index is 1970. The third kappa shape index (κ3) is 8.46. The maximum Gasteiger partial charge on any atom is 0.326 e. The molecule has 3 N–H and O–H groups in total. The summed E-state index contributed by atoms with van der Waals surface area (Å²) in [7, 11) is 2.15. The van der Waals surface area contributed by atoms with E-state index in [1.165, 1.54) is 19.5 Å². The summed E-state index contributed by atoms with van der Waals surface area (Å²) in [6.07, 6.45) is 6.58. The van der Waals surface area contributed by atoms with Crippen LogP contribution in [0.15, 0.2) is 67.0 Å². The predicted octanol–water partition coefficient (Wildman–Crippen LogP) is 7.22. The Labute approximate surface area is 313 Å². The van der Waals surface area contributed by atoms with Crippen LogP contribution in [0, 0.1) is 17.2 Å². The molecule has 272 valence electrons. The Morgan fingerprint density at radius 3 is 2.65 bits per heavy atom. The van der Waals surface area contributed by atoms with E-state index in [2.05, 4.69) is 40.5 Å². The minimum atomic E-state index is -1.59. The molecule has 1 saturated heterocycles. The molecule has 1 aromatic heterocycles. The van der Waals surface area contributed by atoms with Gasteiger partial charge in [-0.2, -0.15) is 5.26 Å². The molecule has 12 heteroatoms. The van der Waals surface area contributed by atoms with E-state index in [1.54, 1.807) is 24.4 Å². The Hall–Kier alpha value is -4.37. The standard InChI is InChI=1S/C40H42Cl2N4O6/c1-40(24-47,39(48)49)45-20-28-15-33(41)37(16-36(28)51-23-27-14-26(17-43)18-44-19-27)52-34-12-11-30-29(7-3-8-31(30)34)32-9-4-10-35(38(32)42)50-22-25-6-5-13-46(2)21-25/h3-4,7-10,14-16,18-19,25,34,45,47H,5-6,11-13,20-24H2,1-2H3,(H,48,49)/t25-,34-,40+/m0/s1. The highest BCUT2D eigenvalue weighted by Gasteiger charge is 2.33. The molecule has 0 amide bonds. The van der Waals surface area contributed by atoms with Crippen LogP contribution >= 0.6 is 23.2 Å². The zero-order chi connectivity index (χ0) is 36.8. The van der Waals surface area contributed by atoms with Crippen LogP contribution in [0.1, 0.15) is 60.1 Å². The third-order valence-electron chi connectivity index (χ3n) is 9.83. The molecule has 2 heterocycles. The van der Waals surface area contributed by atoms with Gasteiger partial charge in [0, 0.05) is 54.2 Å². The maximum absolute atomic E-state index is 11.8. The second kappa shape index (κ2) is 16.5. The van der Waals surface area contributed by atoms with Crippen molar-refractivity contribution in [3.05, 3.63) is 105 Å². The van der Waals surface area contributed by atoms with E-state index in [9.17, 15) is 20.3 Å². The topological polar surface area (TPSA) is 137 Å². The molecule has 0 unspecified atom stereocenters. The lowest BCUT2D eigenvalue weighted by atomic mass is 9.96. The first-order chi connectivity index (χ1) is 25.1. The summed E-state index contributed by atoms with van der Waals surface area (Å²) in [5.41, 5.74) is 4.18. The molecule has 0 saturated carbocycles. The fourth-order valence-corrected chi connectivity index (χ4v) is 7.32. The zero-order valence-electron chi connectivity index (χ0n) is 29.2. The molecule has 1 fully saturated rings. The van der Waals surface area contributed by atoms with E-state index >= 15 is 0 Å². The number of likely N-dealkylation sites (tertiary alicyclic amines) is 1. The van der Waals surface area contributed by atoms with Gasteiger partial charge < -0.3 is 29.3 Å². The second-order valence-corrected chi connectivity index (χ2v) is 14.5. The first-order valence-electron chi connectivity index (χ1n) is 17.4. The second-order valence-electron chi connectivity index (χ2n) is 13.7. The largest absolute Gasteiger partial charge is 0.492 e. The van der Waals surface area contributed by atoms with E-state index in [0.29, 0.717) is 62.9 Å². The average molecular weight is 746 g/mol. The number of nitriles is 1. The van der Waals surface area contributed by atoms with Crippen molar-refractivity contribution in [3.8, 4) is 34.4 Å². The van der Waals surface area contributed by atoms with Gasteiger partial charge in [0.2, 0.25) is 0 Å².